The molecule has 2 heterocycles. The molecule has 314 valence electrons. The Bertz CT molecular complexity index is 1840. The Labute approximate surface area is 358 Å². The van der Waals surface area contributed by atoms with Crippen LogP contribution in [0.3, 0.4) is 0 Å². The molecule has 0 saturated heterocycles. The molecule has 0 unspecified atom stereocenters. The molecule has 2 aromatic heterocycles. The van der Waals surface area contributed by atoms with E-state index in [-0.39, 0.29) is 0 Å². The van der Waals surface area contributed by atoms with Gasteiger partial charge in [0.05, 0.1) is 25.6 Å². The van der Waals surface area contributed by atoms with Crippen LogP contribution in [0.4, 0.5) is 0 Å². The van der Waals surface area contributed by atoms with E-state index in [0.29, 0.717) is 0 Å². The van der Waals surface area contributed by atoms with Crippen molar-refractivity contribution in [1.82, 2.24) is 9.97 Å². The average Bonchev–Trinajstić information content (AvgIpc) is 3.29. The summed E-state index contributed by atoms with van der Waals surface area (Å²) < 4.78 is 11.4. The SMILES string of the molecule is CCCCCOc1ccc(C#Cc2ccc(C3CCC(CCCC)CC3)cc2)nc1.CCCCOc1ccc(C#Cc2ccc(C3CCC(CCCC)CC3)cc2)nc1. The molecule has 2 fully saturated rings. The van der Waals surface area contributed by atoms with E-state index in [4.69, 9.17) is 9.47 Å². The normalized spacial score (nSPS) is 18.6. The summed E-state index contributed by atoms with van der Waals surface area (Å²) in [6, 6.07) is 25.5. The van der Waals surface area contributed by atoms with Crippen LogP contribution in [0.15, 0.2) is 85.2 Å². The van der Waals surface area contributed by atoms with E-state index in [9.17, 15) is 0 Å². The molecule has 0 atom stereocenters. The fraction of sp³-hybridized carbons (Fsp3) is 0.527. The second kappa shape index (κ2) is 26.5. The number of nitrogens with zero attached hydrogens (tertiary/aromatic N) is 2. The monoisotopic (exact) mass is 793 g/mol. The molecule has 0 amide bonds. The summed E-state index contributed by atoms with van der Waals surface area (Å²) in [7, 11) is 0. The average molecular weight is 793 g/mol. The minimum absolute atomic E-state index is 0.733. The van der Waals surface area contributed by atoms with Crippen molar-refractivity contribution >= 4 is 0 Å². The van der Waals surface area contributed by atoms with Crippen molar-refractivity contribution in [2.24, 2.45) is 11.8 Å². The van der Waals surface area contributed by atoms with Crippen LogP contribution in [0.25, 0.3) is 0 Å². The van der Waals surface area contributed by atoms with Crippen LogP contribution in [0.1, 0.15) is 195 Å². The van der Waals surface area contributed by atoms with Crippen LogP contribution in [-0.2, 0) is 0 Å². The molecule has 0 aliphatic heterocycles. The molecule has 0 radical (unpaired) electrons. The van der Waals surface area contributed by atoms with Gasteiger partial charge < -0.3 is 9.47 Å². The zero-order chi connectivity index (χ0) is 41.3. The number of unbranched alkanes of at least 4 members (excludes halogenated alkanes) is 5. The predicted octanol–water partition coefficient (Wildman–Crippen LogP) is 14.6. The van der Waals surface area contributed by atoms with Crippen molar-refractivity contribution in [3.63, 3.8) is 0 Å². The maximum atomic E-state index is 5.71. The van der Waals surface area contributed by atoms with Gasteiger partial charge in [0.15, 0.2) is 0 Å². The molecule has 6 rings (SSSR count). The summed E-state index contributed by atoms with van der Waals surface area (Å²) in [5.41, 5.74) is 6.63. The Morgan fingerprint density at radius 3 is 1.22 bits per heavy atom. The van der Waals surface area contributed by atoms with Gasteiger partial charge in [-0.15, -0.1) is 0 Å². The lowest BCUT2D eigenvalue weighted by Gasteiger charge is -2.28. The second-order valence-electron chi connectivity index (χ2n) is 17.0. The molecule has 0 N–H and O–H groups in total. The highest BCUT2D eigenvalue weighted by atomic mass is 16.5. The van der Waals surface area contributed by atoms with E-state index >= 15 is 0 Å². The van der Waals surface area contributed by atoms with Gasteiger partial charge in [-0.05, 0) is 159 Å². The molecule has 0 spiro atoms. The minimum atomic E-state index is 0.733. The number of hydrogen-bond donors (Lipinski definition) is 0. The van der Waals surface area contributed by atoms with Crippen molar-refractivity contribution < 1.29 is 9.47 Å². The summed E-state index contributed by atoms with van der Waals surface area (Å²) in [4.78, 5) is 8.81. The van der Waals surface area contributed by atoms with Gasteiger partial charge in [-0.1, -0.05) is 122 Å². The Kier molecular flexibility index (Phi) is 20.5. The second-order valence-corrected chi connectivity index (χ2v) is 17.0. The van der Waals surface area contributed by atoms with E-state index < -0.39 is 0 Å². The largest absolute Gasteiger partial charge is 0.492 e. The summed E-state index contributed by atoms with van der Waals surface area (Å²) in [6.07, 6.45) is 28.5. The first kappa shape index (κ1) is 45.5. The highest BCUT2D eigenvalue weighted by Crippen LogP contribution is 2.39. The highest BCUT2D eigenvalue weighted by molar-refractivity contribution is 5.43. The van der Waals surface area contributed by atoms with E-state index in [0.717, 1.165) is 90.2 Å². The maximum Gasteiger partial charge on any atom is 0.137 e. The molecule has 4 aromatic rings. The number of benzene rings is 2. The van der Waals surface area contributed by atoms with Gasteiger partial charge in [-0.2, -0.15) is 0 Å². The number of pyridine rings is 2. The maximum absolute atomic E-state index is 5.71. The smallest absolute Gasteiger partial charge is 0.137 e. The van der Waals surface area contributed by atoms with Gasteiger partial charge in [0.2, 0.25) is 0 Å². The Morgan fingerprint density at radius 1 is 0.441 bits per heavy atom. The third kappa shape index (κ3) is 16.6. The van der Waals surface area contributed by atoms with Gasteiger partial charge in [0.25, 0.3) is 0 Å². The van der Waals surface area contributed by atoms with Crippen LogP contribution in [0.2, 0.25) is 0 Å². The first-order valence-electron chi connectivity index (χ1n) is 23.5. The Morgan fingerprint density at radius 2 is 0.847 bits per heavy atom. The van der Waals surface area contributed by atoms with Gasteiger partial charge in [-0.3, -0.25) is 0 Å². The first-order chi connectivity index (χ1) is 29.1. The van der Waals surface area contributed by atoms with Gasteiger partial charge in [0.1, 0.15) is 22.9 Å². The van der Waals surface area contributed by atoms with Crippen molar-refractivity contribution in [3.8, 4) is 35.2 Å². The topological polar surface area (TPSA) is 44.2 Å². The van der Waals surface area contributed by atoms with Crippen molar-refractivity contribution in [3.05, 3.63) is 119 Å². The van der Waals surface area contributed by atoms with Crippen LogP contribution >= 0.6 is 0 Å². The molecule has 2 aromatic carbocycles. The Balaban J connectivity index is 0.000000224. The first-order valence-corrected chi connectivity index (χ1v) is 23.5. The number of ether oxygens (including phenoxy) is 2. The van der Waals surface area contributed by atoms with E-state index in [1.54, 1.807) is 12.4 Å². The lowest BCUT2D eigenvalue weighted by Crippen LogP contribution is -2.13. The molecule has 4 heteroatoms. The van der Waals surface area contributed by atoms with Gasteiger partial charge in [-0.25, -0.2) is 9.97 Å². The van der Waals surface area contributed by atoms with E-state index in [2.05, 4.69) is 110 Å². The third-order valence-electron chi connectivity index (χ3n) is 12.3. The lowest BCUT2D eigenvalue weighted by molar-refractivity contribution is 0.304. The summed E-state index contributed by atoms with van der Waals surface area (Å²) in [5.74, 6) is 17.9. The van der Waals surface area contributed by atoms with Gasteiger partial charge >= 0.3 is 0 Å². The molecule has 59 heavy (non-hydrogen) atoms. The van der Waals surface area contributed by atoms with E-state index in [1.807, 2.05) is 24.3 Å². The van der Waals surface area contributed by atoms with E-state index in [1.165, 1.54) is 114 Å². The highest BCUT2D eigenvalue weighted by Gasteiger charge is 2.23. The van der Waals surface area contributed by atoms with Crippen LogP contribution in [0.5, 0.6) is 11.5 Å². The number of hydrogen-bond acceptors (Lipinski definition) is 4. The minimum Gasteiger partial charge on any atom is -0.492 e. The molecular formula is C55H72N2O2. The Hall–Kier alpha value is -4.54. The molecule has 4 nitrogen and oxygen atoms in total. The molecular weight excluding hydrogens is 721 g/mol. The summed E-state index contributed by atoms with van der Waals surface area (Å²) >= 11 is 0. The zero-order valence-electron chi connectivity index (χ0n) is 37.0. The third-order valence-corrected chi connectivity index (χ3v) is 12.3. The molecule has 2 saturated carbocycles. The standard InChI is InChI=1S/C28H37NO.C27H35NO/c1-3-5-7-21-30-28-20-19-27(29-22-28)18-13-24-11-16-26(17-12-24)25-14-9-23(10-15-25)8-6-4-2;1-3-5-7-22-8-13-24(14-9-22)25-15-10-23(11-16-25)12-17-26-18-19-27(21-28-26)29-20-6-4-2/h11-12,16-17,19-20,22-23,25H,3-10,14-15,21H2,1-2H3;10-11,15-16,18-19,21-22,24H,3-9,13-14,20H2,1-2H3. The van der Waals surface area contributed by atoms with Crippen molar-refractivity contribution in [2.75, 3.05) is 13.2 Å². The van der Waals surface area contributed by atoms with Crippen LogP contribution in [0, 0.1) is 35.5 Å². The lowest BCUT2D eigenvalue weighted by atomic mass is 9.77. The summed E-state index contributed by atoms with van der Waals surface area (Å²) in [6.45, 7) is 10.5. The van der Waals surface area contributed by atoms with Crippen LogP contribution < -0.4 is 9.47 Å². The molecule has 2 aliphatic carbocycles. The fourth-order valence-corrected chi connectivity index (χ4v) is 8.46. The number of rotatable bonds is 17. The van der Waals surface area contributed by atoms with Crippen LogP contribution in [-0.4, -0.2) is 23.2 Å². The van der Waals surface area contributed by atoms with Gasteiger partial charge in [0, 0.05) is 11.1 Å². The summed E-state index contributed by atoms with van der Waals surface area (Å²) in [5, 5.41) is 0. The van der Waals surface area contributed by atoms with Crippen molar-refractivity contribution in [2.45, 2.75) is 162 Å². The predicted molar refractivity (Wildman–Crippen MR) is 247 cm³/mol. The molecule has 2 aliphatic rings. The zero-order valence-corrected chi connectivity index (χ0v) is 37.0. The quantitative estimate of drug-likeness (QED) is 0.0789. The number of aromatic nitrogens is 2. The fourth-order valence-electron chi connectivity index (χ4n) is 8.46. The van der Waals surface area contributed by atoms with Crippen molar-refractivity contribution in [1.29, 1.82) is 0 Å². The molecule has 0 bridgehead atoms.